The Labute approximate surface area is 93.2 Å². The summed E-state index contributed by atoms with van der Waals surface area (Å²) in [5.74, 6) is 5.40. The quantitative estimate of drug-likeness (QED) is 0.542. The molecule has 0 aromatic rings. The van der Waals surface area contributed by atoms with E-state index in [-0.39, 0.29) is 0 Å². The van der Waals surface area contributed by atoms with E-state index < -0.39 is 0 Å². The maximum absolute atomic E-state index is 2.15. The molecule has 0 radical (unpaired) electrons. The Morgan fingerprint density at radius 3 is 1.75 bits per heavy atom. The van der Waals surface area contributed by atoms with Crippen LogP contribution in [-0.2, 0) is 0 Å². The number of rotatable bonds is 4. The van der Waals surface area contributed by atoms with Crippen molar-refractivity contribution in [1.29, 1.82) is 0 Å². The topological polar surface area (TPSA) is 0 Å². The van der Waals surface area contributed by atoms with E-state index in [4.69, 9.17) is 0 Å². The molecule has 0 atom stereocenters. The molecule has 0 amide bonds. The predicted octanol–water partition coefficient (Wildman–Crippen LogP) is 3.87. The first-order valence-corrected chi connectivity index (χ1v) is 9.41. The first-order chi connectivity index (χ1) is 5.91. The van der Waals surface area contributed by atoms with Gasteiger partial charge in [0.1, 0.15) is 0 Å². The van der Waals surface area contributed by atoms with Crippen molar-refractivity contribution in [3.05, 3.63) is 0 Å². The van der Waals surface area contributed by atoms with E-state index in [1.54, 1.807) is 0 Å². The second-order valence-corrected chi connectivity index (χ2v) is 7.01. The van der Waals surface area contributed by atoms with Crippen LogP contribution < -0.4 is 0 Å². The van der Waals surface area contributed by atoms with E-state index >= 15 is 0 Å². The first kappa shape index (κ1) is 13.4. The maximum atomic E-state index is 2.15. The van der Waals surface area contributed by atoms with Crippen LogP contribution in [0.3, 0.4) is 0 Å². The molecular formula is C8H18S4. The molecule has 1 aliphatic heterocycles. The average Bonchev–Trinajstić information content (AvgIpc) is 2.62. The zero-order valence-electron chi connectivity index (χ0n) is 7.88. The Balaban J connectivity index is 0.000000211. The van der Waals surface area contributed by atoms with Crippen LogP contribution in [-0.4, -0.2) is 35.5 Å². The molecule has 12 heavy (non-hydrogen) atoms. The summed E-state index contributed by atoms with van der Waals surface area (Å²) >= 11 is 3.86. The van der Waals surface area contributed by atoms with E-state index in [0.717, 1.165) is 0 Å². The minimum Gasteiger partial charge on any atom is -0.165 e. The molecule has 0 saturated carbocycles. The molecule has 0 spiro atoms. The molecule has 4 heteroatoms. The van der Waals surface area contributed by atoms with Crippen molar-refractivity contribution >= 4 is 45.1 Å². The lowest BCUT2D eigenvalue weighted by molar-refractivity contribution is 1.13. The zero-order valence-corrected chi connectivity index (χ0v) is 11.1. The third kappa shape index (κ3) is 11.4. The monoisotopic (exact) mass is 242 g/mol. The molecule has 1 heterocycles. The Morgan fingerprint density at radius 1 is 1.00 bits per heavy atom. The van der Waals surface area contributed by atoms with Gasteiger partial charge < -0.3 is 0 Å². The first-order valence-electron chi connectivity index (χ1n) is 4.14. The lowest BCUT2D eigenvalue weighted by Gasteiger charge is -1.90. The van der Waals surface area contributed by atoms with Crippen LogP contribution in [0.2, 0.25) is 0 Å². The summed E-state index contributed by atoms with van der Waals surface area (Å²) in [5, 5.41) is 0. The smallest absolute Gasteiger partial charge is 0.00450 e. The Hall–Kier alpha value is 1.40. The van der Waals surface area contributed by atoms with Crippen LogP contribution in [0.5, 0.6) is 0 Å². The van der Waals surface area contributed by atoms with Crippen molar-refractivity contribution < 1.29 is 0 Å². The van der Waals surface area contributed by atoms with Crippen LogP contribution in [0.15, 0.2) is 0 Å². The zero-order chi connectivity index (χ0) is 9.07. The van der Waals surface area contributed by atoms with Crippen molar-refractivity contribution in [2.24, 2.45) is 0 Å². The van der Waals surface area contributed by atoms with Crippen molar-refractivity contribution in [3.8, 4) is 0 Å². The van der Waals surface area contributed by atoms with Gasteiger partial charge in [-0.1, -0.05) is 21.6 Å². The SMILES string of the molecule is C1CSSC1.CSCCCSC. The molecule has 0 nitrogen and oxygen atoms in total. The fraction of sp³-hybridized carbons (Fsp3) is 1.00. The Kier molecular flexibility index (Phi) is 13.8. The summed E-state index contributed by atoms with van der Waals surface area (Å²) < 4.78 is 0. The van der Waals surface area contributed by atoms with Gasteiger partial charge in [-0.3, -0.25) is 0 Å². The number of hydrogen-bond donors (Lipinski definition) is 0. The molecule has 74 valence electrons. The molecular weight excluding hydrogens is 224 g/mol. The summed E-state index contributed by atoms with van der Waals surface area (Å²) in [6, 6.07) is 0. The van der Waals surface area contributed by atoms with Gasteiger partial charge in [0.05, 0.1) is 0 Å². The fourth-order valence-electron chi connectivity index (χ4n) is 0.642. The Morgan fingerprint density at radius 2 is 1.50 bits per heavy atom. The summed E-state index contributed by atoms with van der Waals surface area (Å²) in [6.07, 6.45) is 7.10. The van der Waals surface area contributed by atoms with Crippen LogP contribution in [0.25, 0.3) is 0 Å². The molecule has 0 aromatic heterocycles. The largest absolute Gasteiger partial charge is 0.165 e. The van der Waals surface area contributed by atoms with Gasteiger partial charge in [0.2, 0.25) is 0 Å². The van der Waals surface area contributed by atoms with Crippen molar-refractivity contribution in [1.82, 2.24) is 0 Å². The molecule has 1 aliphatic rings. The van der Waals surface area contributed by atoms with Gasteiger partial charge in [0.25, 0.3) is 0 Å². The molecule has 0 unspecified atom stereocenters. The minimum absolute atomic E-state index is 1.32. The summed E-state index contributed by atoms with van der Waals surface area (Å²) in [4.78, 5) is 0. The lowest BCUT2D eigenvalue weighted by Crippen LogP contribution is -1.79. The van der Waals surface area contributed by atoms with E-state index in [9.17, 15) is 0 Å². The minimum atomic E-state index is 1.32. The Bertz CT molecular complexity index is 61.8. The van der Waals surface area contributed by atoms with E-state index in [1.165, 1.54) is 35.9 Å². The van der Waals surface area contributed by atoms with Gasteiger partial charge in [-0.25, -0.2) is 0 Å². The van der Waals surface area contributed by atoms with Gasteiger partial charge >= 0.3 is 0 Å². The lowest BCUT2D eigenvalue weighted by atomic mass is 10.6. The highest BCUT2D eigenvalue weighted by atomic mass is 33.1. The van der Waals surface area contributed by atoms with Crippen LogP contribution in [0.4, 0.5) is 0 Å². The van der Waals surface area contributed by atoms with Crippen molar-refractivity contribution in [2.75, 3.05) is 35.5 Å². The fourth-order valence-corrected chi connectivity index (χ4v) is 4.05. The third-order valence-corrected chi connectivity index (χ3v) is 5.21. The average molecular weight is 242 g/mol. The number of thioether (sulfide) groups is 2. The van der Waals surface area contributed by atoms with E-state index in [2.05, 4.69) is 12.5 Å². The highest BCUT2D eigenvalue weighted by Gasteiger charge is 1.96. The standard InChI is InChI=1S/C5H12S2.C3H6S2/c1-6-4-3-5-7-2;1-2-4-5-3-1/h3-5H2,1-2H3;1-3H2. The van der Waals surface area contributed by atoms with Crippen molar-refractivity contribution in [3.63, 3.8) is 0 Å². The van der Waals surface area contributed by atoms with Gasteiger partial charge in [-0.05, 0) is 36.9 Å². The molecule has 1 rings (SSSR count). The van der Waals surface area contributed by atoms with Crippen LogP contribution >= 0.6 is 45.1 Å². The van der Waals surface area contributed by atoms with Crippen LogP contribution in [0, 0.1) is 0 Å². The molecule has 0 aromatic carbocycles. The highest BCUT2D eigenvalue weighted by Crippen LogP contribution is 2.29. The summed E-state index contributed by atoms with van der Waals surface area (Å²) in [6.45, 7) is 0. The summed E-state index contributed by atoms with van der Waals surface area (Å²) in [7, 11) is 3.98. The van der Waals surface area contributed by atoms with Crippen molar-refractivity contribution in [2.45, 2.75) is 12.8 Å². The van der Waals surface area contributed by atoms with E-state index in [1.807, 2.05) is 45.1 Å². The highest BCUT2D eigenvalue weighted by molar-refractivity contribution is 8.77. The number of hydrogen-bond acceptors (Lipinski definition) is 4. The predicted molar refractivity (Wildman–Crippen MR) is 70.9 cm³/mol. The second kappa shape index (κ2) is 12.4. The molecule has 0 bridgehead atoms. The second-order valence-electron chi connectivity index (χ2n) is 2.34. The van der Waals surface area contributed by atoms with Crippen LogP contribution in [0.1, 0.15) is 12.8 Å². The van der Waals surface area contributed by atoms with Gasteiger partial charge in [0.15, 0.2) is 0 Å². The molecule has 1 saturated heterocycles. The van der Waals surface area contributed by atoms with Gasteiger partial charge in [-0.15, -0.1) is 0 Å². The van der Waals surface area contributed by atoms with E-state index in [0.29, 0.717) is 0 Å². The molecule has 1 fully saturated rings. The molecule has 0 N–H and O–H groups in total. The summed E-state index contributed by atoms with van der Waals surface area (Å²) in [5.41, 5.74) is 0. The maximum Gasteiger partial charge on any atom is 0.00450 e. The van der Waals surface area contributed by atoms with Gasteiger partial charge in [-0.2, -0.15) is 23.5 Å². The van der Waals surface area contributed by atoms with Gasteiger partial charge in [0, 0.05) is 11.5 Å². The molecule has 0 aliphatic carbocycles. The third-order valence-electron chi connectivity index (χ3n) is 1.24. The normalized spacial score (nSPS) is 15.5.